The van der Waals surface area contributed by atoms with Crippen LogP contribution in [0.1, 0.15) is 48.2 Å². The quantitative estimate of drug-likeness (QED) is 0.854. The Morgan fingerprint density at radius 3 is 2.84 bits per heavy atom. The van der Waals surface area contributed by atoms with Gasteiger partial charge in [-0.05, 0) is 43.0 Å². The van der Waals surface area contributed by atoms with Crippen molar-refractivity contribution in [2.45, 2.75) is 45.4 Å². The van der Waals surface area contributed by atoms with Gasteiger partial charge in [-0.3, -0.25) is 4.79 Å². The predicted octanol–water partition coefficient (Wildman–Crippen LogP) is 2.00. The molecule has 19 heavy (non-hydrogen) atoms. The van der Waals surface area contributed by atoms with Crippen LogP contribution in [-0.4, -0.2) is 23.2 Å². The average molecular weight is 263 g/mol. The second-order valence-corrected chi connectivity index (χ2v) is 5.32. The van der Waals surface area contributed by atoms with Crippen LogP contribution in [0.25, 0.3) is 0 Å². The molecule has 104 valence electrons. The number of amides is 1. The van der Waals surface area contributed by atoms with Gasteiger partial charge in [0, 0.05) is 17.7 Å². The molecule has 4 heteroatoms. The molecule has 1 amide bonds. The monoisotopic (exact) mass is 263 g/mol. The van der Waals surface area contributed by atoms with Crippen LogP contribution in [0.15, 0.2) is 18.2 Å². The normalized spacial score (nSPS) is 16.8. The number of hydrogen-bond donors (Lipinski definition) is 2. The number of ether oxygens (including phenoxy) is 1. The Labute approximate surface area is 113 Å². The lowest BCUT2D eigenvalue weighted by molar-refractivity contribution is 0.0886. The van der Waals surface area contributed by atoms with Gasteiger partial charge in [0.25, 0.3) is 5.91 Å². The zero-order valence-electron chi connectivity index (χ0n) is 11.5. The van der Waals surface area contributed by atoms with Crippen LogP contribution in [-0.2, 0) is 18.0 Å². The van der Waals surface area contributed by atoms with Crippen LogP contribution >= 0.6 is 0 Å². The van der Waals surface area contributed by atoms with E-state index in [4.69, 9.17) is 9.84 Å². The lowest BCUT2D eigenvalue weighted by Gasteiger charge is -2.29. The van der Waals surface area contributed by atoms with E-state index in [2.05, 4.69) is 5.32 Å². The van der Waals surface area contributed by atoms with E-state index in [1.165, 1.54) is 0 Å². The molecule has 1 heterocycles. The molecule has 1 aliphatic heterocycles. The second kappa shape index (κ2) is 5.72. The van der Waals surface area contributed by atoms with E-state index in [-0.39, 0.29) is 18.1 Å². The largest absolute Gasteiger partial charge is 0.396 e. The Hall–Kier alpha value is -1.39. The number of benzene rings is 1. The number of aliphatic hydroxyl groups is 1. The summed E-state index contributed by atoms with van der Waals surface area (Å²) in [7, 11) is 0. The summed E-state index contributed by atoms with van der Waals surface area (Å²) in [5.41, 5.74) is 2.54. The van der Waals surface area contributed by atoms with E-state index in [0.29, 0.717) is 25.2 Å². The minimum Gasteiger partial charge on any atom is -0.396 e. The maximum absolute atomic E-state index is 12.3. The van der Waals surface area contributed by atoms with Crippen molar-refractivity contribution in [2.24, 2.45) is 0 Å². The third-order valence-corrected chi connectivity index (χ3v) is 3.84. The summed E-state index contributed by atoms with van der Waals surface area (Å²) in [6.07, 6.45) is 1.34. The fraction of sp³-hybridized carbons (Fsp3) is 0.533. The molecular formula is C15H21NO3. The summed E-state index contributed by atoms with van der Waals surface area (Å²) in [4.78, 5) is 12.3. The smallest absolute Gasteiger partial charge is 0.251 e. The first kappa shape index (κ1) is 14.0. The van der Waals surface area contributed by atoms with Crippen molar-refractivity contribution < 1.29 is 14.6 Å². The van der Waals surface area contributed by atoms with Crippen molar-refractivity contribution in [3.8, 4) is 0 Å². The molecule has 0 saturated heterocycles. The Bertz CT molecular complexity index is 472. The number of aliphatic hydroxyl groups excluding tert-OH is 1. The molecule has 0 aliphatic carbocycles. The number of fused-ring (bicyclic) bond motifs is 1. The van der Waals surface area contributed by atoms with Gasteiger partial charge in [0.05, 0.1) is 13.2 Å². The van der Waals surface area contributed by atoms with E-state index in [1.807, 2.05) is 32.0 Å². The first-order chi connectivity index (χ1) is 9.08. The SMILES string of the molecule is CCC(C)(CCO)NC(=O)c1ccc2c(c1)COC2. The van der Waals surface area contributed by atoms with Crippen LogP contribution in [0, 0.1) is 0 Å². The number of carbonyl (C=O) groups is 1. The molecule has 1 aromatic carbocycles. The molecule has 1 atom stereocenters. The van der Waals surface area contributed by atoms with Gasteiger partial charge in [-0.1, -0.05) is 13.0 Å². The summed E-state index contributed by atoms with van der Waals surface area (Å²) < 4.78 is 5.35. The van der Waals surface area contributed by atoms with Crippen LogP contribution in [0.5, 0.6) is 0 Å². The van der Waals surface area contributed by atoms with E-state index >= 15 is 0 Å². The molecule has 1 unspecified atom stereocenters. The fourth-order valence-corrected chi connectivity index (χ4v) is 2.23. The summed E-state index contributed by atoms with van der Waals surface area (Å²) in [5.74, 6) is -0.0903. The lowest BCUT2D eigenvalue weighted by atomic mass is 9.94. The van der Waals surface area contributed by atoms with Crippen LogP contribution in [0.4, 0.5) is 0 Å². The number of nitrogens with one attached hydrogen (secondary N) is 1. The first-order valence-corrected chi connectivity index (χ1v) is 6.71. The Kier molecular flexibility index (Phi) is 4.22. The zero-order chi connectivity index (χ0) is 13.9. The standard InChI is InChI=1S/C15H21NO3/c1-3-15(2,6-7-17)16-14(18)11-4-5-12-9-19-10-13(12)8-11/h4-5,8,17H,3,6-7,9-10H2,1-2H3,(H,16,18). The average Bonchev–Trinajstić information content (AvgIpc) is 2.86. The molecule has 2 rings (SSSR count). The zero-order valence-corrected chi connectivity index (χ0v) is 11.5. The molecule has 4 nitrogen and oxygen atoms in total. The van der Waals surface area contributed by atoms with Gasteiger partial charge in [0.15, 0.2) is 0 Å². The van der Waals surface area contributed by atoms with Crippen molar-refractivity contribution in [1.29, 1.82) is 0 Å². The summed E-state index contributed by atoms with van der Waals surface area (Å²) in [6.45, 7) is 5.25. The minimum absolute atomic E-state index is 0.0721. The number of hydrogen-bond acceptors (Lipinski definition) is 3. The predicted molar refractivity (Wildman–Crippen MR) is 72.8 cm³/mol. The molecule has 0 fully saturated rings. The molecule has 0 spiro atoms. The molecular weight excluding hydrogens is 242 g/mol. The van der Waals surface area contributed by atoms with Crippen LogP contribution in [0.3, 0.4) is 0 Å². The highest BCUT2D eigenvalue weighted by molar-refractivity contribution is 5.95. The highest BCUT2D eigenvalue weighted by atomic mass is 16.5. The van der Waals surface area contributed by atoms with Crippen molar-refractivity contribution in [1.82, 2.24) is 5.32 Å². The summed E-state index contributed by atoms with van der Waals surface area (Å²) in [5, 5.41) is 12.1. The number of carbonyl (C=O) groups excluding carboxylic acids is 1. The summed E-state index contributed by atoms with van der Waals surface area (Å²) >= 11 is 0. The van der Waals surface area contributed by atoms with Gasteiger partial charge in [-0.2, -0.15) is 0 Å². The fourth-order valence-electron chi connectivity index (χ4n) is 2.23. The van der Waals surface area contributed by atoms with E-state index < -0.39 is 0 Å². The van der Waals surface area contributed by atoms with Crippen molar-refractivity contribution in [3.05, 3.63) is 34.9 Å². The van der Waals surface area contributed by atoms with E-state index in [0.717, 1.165) is 17.5 Å². The topological polar surface area (TPSA) is 58.6 Å². The third kappa shape index (κ3) is 3.14. The first-order valence-electron chi connectivity index (χ1n) is 6.71. The van der Waals surface area contributed by atoms with Gasteiger partial charge >= 0.3 is 0 Å². The van der Waals surface area contributed by atoms with Crippen molar-refractivity contribution >= 4 is 5.91 Å². The highest BCUT2D eigenvalue weighted by Crippen LogP contribution is 2.22. The Balaban J connectivity index is 2.11. The molecule has 2 N–H and O–H groups in total. The van der Waals surface area contributed by atoms with Gasteiger partial charge in [-0.15, -0.1) is 0 Å². The molecule has 0 saturated carbocycles. The Morgan fingerprint density at radius 1 is 1.42 bits per heavy atom. The highest BCUT2D eigenvalue weighted by Gasteiger charge is 2.24. The van der Waals surface area contributed by atoms with Gasteiger partial charge in [-0.25, -0.2) is 0 Å². The second-order valence-electron chi connectivity index (χ2n) is 5.32. The summed E-state index contributed by atoms with van der Waals surface area (Å²) in [6, 6.07) is 5.68. The molecule has 0 radical (unpaired) electrons. The Morgan fingerprint density at radius 2 is 2.16 bits per heavy atom. The lowest BCUT2D eigenvalue weighted by Crippen LogP contribution is -2.46. The van der Waals surface area contributed by atoms with Gasteiger partial charge in [0.1, 0.15) is 0 Å². The number of rotatable bonds is 5. The third-order valence-electron chi connectivity index (χ3n) is 3.84. The molecule has 1 aromatic rings. The van der Waals surface area contributed by atoms with E-state index in [1.54, 1.807) is 0 Å². The molecule has 0 aromatic heterocycles. The molecule has 0 bridgehead atoms. The van der Waals surface area contributed by atoms with Gasteiger partial charge < -0.3 is 15.2 Å². The minimum atomic E-state index is -0.360. The van der Waals surface area contributed by atoms with E-state index in [9.17, 15) is 4.79 Å². The van der Waals surface area contributed by atoms with Crippen LogP contribution < -0.4 is 5.32 Å². The maximum Gasteiger partial charge on any atom is 0.251 e. The maximum atomic E-state index is 12.3. The van der Waals surface area contributed by atoms with Crippen molar-refractivity contribution in [3.63, 3.8) is 0 Å². The molecule has 1 aliphatic rings. The van der Waals surface area contributed by atoms with Gasteiger partial charge in [0.2, 0.25) is 0 Å². The van der Waals surface area contributed by atoms with Crippen LogP contribution in [0.2, 0.25) is 0 Å². The van der Waals surface area contributed by atoms with Crippen molar-refractivity contribution in [2.75, 3.05) is 6.61 Å².